The lowest BCUT2D eigenvalue weighted by molar-refractivity contribution is 0.186. The van der Waals surface area contributed by atoms with Gasteiger partial charge in [-0.1, -0.05) is 43.1 Å². The molecule has 3 aliphatic rings. The van der Waals surface area contributed by atoms with E-state index in [-0.39, 0.29) is 0 Å². The zero-order chi connectivity index (χ0) is 16.2. The van der Waals surface area contributed by atoms with Gasteiger partial charge in [0.25, 0.3) is 0 Å². The van der Waals surface area contributed by atoms with E-state index in [2.05, 4.69) is 30.9 Å². The molecule has 2 unspecified atom stereocenters. The molecule has 0 spiro atoms. The van der Waals surface area contributed by atoms with Gasteiger partial charge >= 0.3 is 0 Å². The summed E-state index contributed by atoms with van der Waals surface area (Å²) in [7, 11) is 0. The van der Waals surface area contributed by atoms with E-state index in [0.29, 0.717) is 22.1 Å². The Morgan fingerprint density at radius 3 is 2.61 bits per heavy atom. The third kappa shape index (κ3) is 2.82. The molecule has 1 aliphatic carbocycles. The minimum Gasteiger partial charge on any atom is -0.492 e. The molecule has 2 atom stereocenters. The van der Waals surface area contributed by atoms with Crippen molar-refractivity contribution in [2.75, 3.05) is 26.2 Å². The van der Waals surface area contributed by atoms with Gasteiger partial charge in [0.1, 0.15) is 12.4 Å². The van der Waals surface area contributed by atoms with Crippen LogP contribution in [0.5, 0.6) is 0 Å². The Hall–Kier alpha value is -0.960. The van der Waals surface area contributed by atoms with Crippen LogP contribution < -0.4 is 0 Å². The van der Waals surface area contributed by atoms with Crippen LogP contribution in [0.1, 0.15) is 19.4 Å². The molecule has 2 aliphatic heterocycles. The molecule has 2 fully saturated rings. The molecule has 0 bridgehead atoms. The van der Waals surface area contributed by atoms with Gasteiger partial charge in [-0.25, -0.2) is 0 Å². The fourth-order valence-corrected chi connectivity index (χ4v) is 4.34. The highest BCUT2D eigenvalue weighted by Gasteiger charge is 2.61. The molecule has 122 valence electrons. The van der Waals surface area contributed by atoms with Gasteiger partial charge in [-0.3, -0.25) is 4.90 Å². The van der Waals surface area contributed by atoms with E-state index in [9.17, 15) is 0 Å². The SMILES string of the molecule is CC1(C)C2CN(CC3=CC(c4ccc(Cl)c(Cl)c4)=CCO3)CC21. The summed E-state index contributed by atoms with van der Waals surface area (Å²) >= 11 is 12.1. The molecule has 0 amide bonds. The zero-order valence-electron chi connectivity index (χ0n) is 13.5. The van der Waals surface area contributed by atoms with Gasteiger partial charge in [0, 0.05) is 13.1 Å². The molecule has 1 aromatic carbocycles. The number of hydrogen-bond donors (Lipinski definition) is 0. The van der Waals surface area contributed by atoms with Crippen molar-refractivity contribution < 1.29 is 4.74 Å². The zero-order valence-corrected chi connectivity index (χ0v) is 15.0. The average Bonchev–Trinajstić information content (AvgIpc) is 2.88. The lowest BCUT2D eigenvalue weighted by Gasteiger charge is -2.24. The molecule has 4 heteroatoms. The number of hydrogen-bond acceptors (Lipinski definition) is 2. The smallest absolute Gasteiger partial charge is 0.111 e. The van der Waals surface area contributed by atoms with Crippen molar-refractivity contribution in [3.63, 3.8) is 0 Å². The quantitative estimate of drug-likeness (QED) is 0.770. The fourth-order valence-electron chi connectivity index (χ4n) is 4.04. The maximum absolute atomic E-state index is 6.14. The molecule has 1 saturated carbocycles. The number of piperidine rings is 1. The summed E-state index contributed by atoms with van der Waals surface area (Å²) in [6.45, 7) is 8.70. The third-order valence-electron chi connectivity index (χ3n) is 5.72. The number of ether oxygens (including phenoxy) is 1. The summed E-state index contributed by atoms with van der Waals surface area (Å²) in [6.07, 6.45) is 4.23. The first kappa shape index (κ1) is 15.6. The van der Waals surface area contributed by atoms with Crippen LogP contribution in [0.15, 0.2) is 36.1 Å². The van der Waals surface area contributed by atoms with Crippen LogP contribution in [-0.4, -0.2) is 31.1 Å². The number of halogens is 2. The second kappa shape index (κ2) is 5.54. The van der Waals surface area contributed by atoms with Crippen LogP contribution in [0.2, 0.25) is 10.0 Å². The van der Waals surface area contributed by atoms with Gasteiger partial charge in [-0.2, -0.15) is 0 Å². The minimum absolute atomic E-state index is 0.559. The predicted octanol–water partition coefficient (Wildman–Crippen LogP) is 4.88. The maximum atomic E-state index is 6.14. The highest BCUT2D eigenvalue weighted by molar-refractivity contribution is 6.42. The Balaban J connectivity index is 1.45. The van der Waals surface area contributed by atoms with Crippen molar-refractivity contribution >= 4 is 28.8 Å². The number of nitrogens with zero attached hydrogens (tertiary/aromatic N) is 1. The highest BCUT2D eigenvalue weighted by atomic mass is 35.5. The highest BCUT2D eigenvalue weighted by Crippen LogP contribution is 2.61. The largest absolute Gasteiger partial charge is 0.492 e. The van der Waals surface area contributed by atoms with Crippen LogP contribution in [0.3, 0.4) is 0 Å². The van der Waals surface area contributed by atoms with E-state index in [1.165, 1.54) is 13.1 Å². The summed E-state index contributed by atoms with van der Waals surface area (Å²) in [4.78, 5) is 2.52. The van der Waals surface area contributed by atoms with E-state index in [0.717, 1.165) is 35.3 Å². The van der Waals surface area contributed by atoms with Gasteiger partial charge in [0.05, 0.1) is 16.6 Å². The molecule has 2 heterocycles. The van der Waals surface area contributed by atoms with Gasteiger partial charge in [-0.05, 0) is 52.7 Å². The molecular formula is C19H21Cl2NO. The van der Waals surface area contributed by atoms with Crippen molar-refractivity contribution in [2.45, 2.75) is 13.8 Å². The van der Waals surface area contributed by atoms with E-state index >= 15 is 0 Å². The second-order valence-electron chi connectivity index (χ2n) is 7.44. The average molecular weight is 350 g/mol. The third-order valence-corrected chi connectivity index (χ3v) is 6.46. The van der Waals surface area contributed by atoms with Gasteiger partial charge < -0.3 is 4.74 Å². The summed E-state index contributed by atoms with van der Waals surface area (Å²) in [6, 6.07) is 5.77. The molecule has 4 rings (SSSR count). The van der Waals surface area contributed by atoms with E-state index < -0.39 is 0 Å². The maximum Gasteiger partial charge on any atom is 0.111 e. The fraction of sp³-hybridized carbons (Fsp3) is 0.474. The van der Waals surface area contributed by atoms with Crippen LogP contribution in [0.4, 0.5) is 0 Å². The Morgan fingerprint density at radius 1 is 1.17 bits per heavy atom. The Kier molecular flexibility index (Phi) is 3.75. The lowest BCUT2D eigenvalue weighted by Crippen LogP contribution is -2.29. The van der Waals surface area contributed by atoms with Crippen molar-refractivity contribution in [3.05, 3.63) is 51.7 Å². The topological polar surface area (TPSA) is 12.5 Å². The summed E-state index contributed by atoms with van der Waals surface area (Å²) in [5, 5.41) is 1.18. The summed E-state index contributed by atoms with van der Waals surface area (Å²) < 4.78 is 5.83. The molecule has 0 aromatic heterocycles. The Morgan fingerprint density at radius 2 is 1.91 bits per heavy atom. The van der Waals surface area contributed by atoms with E-state index in [1.54, 1.807) is 0 Å². The van der Waals surface area contributed by atoms with Crippen LogP contribution in [0.25, 0.3) is 5.57 Å². The summed E-state index contributed by atoms with van der Waals surface area (Å²) in [5.41, 5.74) is 2.81. The van der Waals surface area contributed by atoms with E-state index in [4.69, 9.17) is 27.9 Å². The molecule has 0 radical (unpaired) electrons. The standard InChI is InChI=1S/C19H21Cl2NO/c1-19(2)15-10-22(11-16(15)19)9-14-7-13(5-6-23-14)12-3-4-17(20)18(21)8-12/h3-5,7-8,15-16H,6,9-11H2,1-2H3. The monoisotopic (exact) mass is 349 g/mol. The van der Waals surface area contributed by atoms with Gasteiger partial charge in [-0.15, -0.1) is 0 Å². The molecule has 23 heavy (non-hydrogen) atoms. The Bertz CT molecular complexity index is 693. The molecular weight excluding hydrogens is 329 g/mol. The molecule has 1 aromatic rings. The number of fused-ring (bicyclic) bond motifs is 1. The summed E-state index contributed by atoms with van der Waals surface area (Å²) in [5.74, 6) is 2.79. The van der Waals surface area contributed by atoms with Crippen molar-refractivity contribution in [3.8, 4) is 0 Å². The number of allylic oxidation sites excluding steroid dienone is 2. The number of benzene rings is 1. The van der Waals surface area contributed by atoms with Crippen molar-refractivity contribution in [2.24, 2.45) is 17.3 Å². The van der Waals surface area contributed by atoms with Crippen molar-refractivity contribution in [1.82, 2.24) is 4.90 Å². The number of rotatable bonds is 3. The van der Waals surface area contributed by atoms with Crippen LogP contribution in [0, 0.1) is 17.3 Å². The second-order valence-corrected chi connectivity index (χ2v) is 8.25. The number of likely N-dealkylation sites (tertiary alicyclic amines) is 1. The first-order valence-electron chi connectivity index (χ1n) is 8.16. The Labute approximate surface area is 147 Å². The minimum atomic E-state index is 0.559. The van der Waals surface area contributed by atoms with Gasteiger partial charge in [0.2, 0.25) is 0 Å². The molecule has 1 saturated heterocycles. The molecule has 2 nitrogen and oxygen atoms in total. The van der Waals surface area contributed by atoms with Crippen LogP contribution >= 0.6 is 23.2 Å². The normalized spacial score (nSPS) is 28.7. The predicted molar refractivity (Wildman–Crippen MR) is 95.7 cm³/mol. The lowest BCUT2D eigenvalue weighted by atomic mass is 10.0. The first-order chi connectivity index (χ1) is 10.9. The first-order valence-corrected chi connectivity index (χ1v) is 8.92. The molecule has 0 N–H and O–H groups in total. The van der Waals surface area contributed by atoms with Gasteiger partial charge in [0.15, 0.2) is 0 Å². The van der Waals surface area contributed by atoms with Crippen molar-refractivity contribution in [1.29, 1.82) is 0 Å². The van der Waals surface area contributed by atoms with E-state index in [1.807, 2.05) is 18.2 Å². The van der Waals surface area contributed by atoms with Crippen LogP contribution in [-0.2, 0) is 4.74 Å².